The molecule has 0 aromatic heterocycles. The summed E-state index contributed by atoms with van der Waals surface area (Å²) in [6.07, 6.45) is -0.0720. The molecule has 0 saturated carbocycles. The van der Waals surface area contributed by atoms with Crippen LogP contribution in [0.5, 0.6) is 0 Å². The average molecular weight is 291 g/mol. The number of sulfonamides is 1. The van der Waals surface area contributed by atoms with E-state index < -0.39 is 32.6 Å². The van der Waals surface area contributed by atoms with Crippen molar-refractivity contribution >= 4 is 21.6 Å². The first-order chi connectivity index (χ1) is 8.79. The van der Waals surface area contributed by atoms with Crippen molar-refractivity contribution in [1.29, 1.82) is 0 Å². The van der Waals surface area contributed by atoms with Crippen LogP contribution in [-0.4, -0.2) is 26.9 Å². The Morgan fingerprint density at radius 1 is 1.32 bits per heavy atom. The summed E-state index contributed by atoms with van der Waals surface area (Å²) in [6, 6.07) is 0.708. The van der Waals surface area contributed by atoms with Crippen molar-refractivity contribution in [2.75, 3.05) is 12.3 Å². The Morgan fingerprint density at radius 2 is 1.89 bits per heavy atom. The molecule has 0 aliphatic carbocycles. The van der Waals surface area contributed by atoms with Crippen LogP contribution in [0.15, 0.2) is 17.0 Å². The van der Waals surface area contributed by atoms with Crippen LogP contribution in [-0.2, 0) is 14.8 Å². The van der Waals surface area contributed by atoms with Crippen LogP contribution in [0, 0.1) is 11.6 Å². The molecule has 0 radical (unpaired) electrons. The van der Waals surface area contributed by atoms with E-state index in [1.807, 2.05) is 0 Å². The number of carbonyl (C=O) groups is 1. The number of nitrogens with one attached hydrogen (secondary N) is 2. The van der Waals surface area contributed by atoms with Crippen LogP contribution in [0.3, 0.4) is 0 Å². The molecule has 0 bridgehead atoms. The van der Waals surface area contributed by atoms with Gasteiger partial charge in [-0.25, -0.2) is 21.9 Å². The Hall–Kier alpha value is -1.74. The molecular formula is C10H11F2N3O3S. The maximum absolute atomic E-state index is 13.5. The topological polar surface area (TPSA) is 101 Å². The lowest BCUT2D eigenvalue weighted by Crippen LogP contribution is -2.37. The lowest BCUT2D eigenvalue weighted by Gasteiger charge is -2.12. The zero-order valence-corrected chi connectivity index (χ0v) is 10.4. The van der Waals surface area contributed by atoms with Crippen LogP contribution in [0.2, 0.25) is 0 Å². The number of rotatable bonds is 3. The predicted molar refractivity (Wildman–Crippen MR) is 62.5 cm³/mol. The van der Waals surface area contributed by atoms with E-state index in [1.54, 1.807) is 0 Å². The Bertz CT molecular complexity index is 610. The second-order valence-corrected chi connectivity index (χ2v) is 5.79. The summed E-state index contributed by atoms with van der Waals surface area (Å²) in [7, 11) is -4.39. The van der Waals surface area contributed by atoms with Gasteiger partial charge in [0.15, 0.2) is 4.90 Å². The second kappa shape index (κ2) is 4.74. The van der Waals surface area contributed by atoms with E-state index in [-0.39, 0.29) is 24.6 Å². The molecule has 1 fully saturated rings. The van der Waals surface area contributed by atoms with E-state index in [0.29, 0.717) is 0 Å². The van der Waals surface area contributed by atoms with E-state index in [0.717, 1.165) is 12.1 Å². The maximum atomic E-state index is 13.5. The third kappa shape index (κ3) is 2.82. The first-order valence-electron chi connectivity index (χ1n) is 5.33. The minimum Gasteiger partial charge on any atom is -0.399 e. The van der Waals surface area contributed by atoms with Crippen LogP contribution in [0.4, 0.5) is 14.5 Å². The molecule has 1 aromatic carbocycles. The van der Waals surface area contributed by atoms with Crippen molar-refractivity contribution in [3.8, 4) is 0 Å². The smallest absolute Gasteiger partial charge is 0.246 e. The highest BCUT2D eigenvalue weighted by Crippen LogP contribution is 2.22. The number of nitrogen functional groups attached to an aromatic ring is 1. The van der Waals surface area contributed by atoms with Gasteiger partial charge in [-0.15, -0.1) is 0 Å². The number of nitrogens with two attached hydrogens (primary N) is 1. The standard InChI is InChI=1S/C10H11F2N3O3S/c11-7-1-5(13)2-8(12)10(7)19(17,18)15-6-3-9(16)14-4-6/h1-2,6,15H,3-4,13H2,(H,14,16). The largest absolute Gasteiger partial charge is 0.399 e. The monoisotopic (exact) mass is 291 g/mol. The van der Waals surface area contributed by atoms with Gasteiger partial charge in [0.2, 0.25) is 15.9 Å². The third-order valence-electron chi connectivity index (χ3n) is 2.59. The van der Waals surface area contributed by atoms with Crippen molar-refractivity contribution in [2.24, 2.45) is 0 Å². The number of anilines is 1. The summed E-state index contributed by atoms with van der Waals surface area (Å²) in [4.78, 5) is 9.85. The SMILES string of the molecule is Nc1cc(F)c(S(=O)(=O)NC2CNC(=O)C2)c(F)c1. The zero-order valence-electron chi connectivity index (χ0n) is 9.61. The van der Waals surface area contributed by atoms with E-state index in [1.165, 1.54) is 0 Å². The van der Waals surface area contributed by atoms with Gasteiger partial charge >= 0.3 is 0 Å². The molecule has 1 saturated heterocycles. The number of hydrogen-bond donors (Lipinski definition) is 3. The lowest BCUT2D eigenvalue weighted by molar-refractivity contribution is -0.119. The summed E-state index contributed by atoms with van der Waals surface area (Å²) in [5, 5.41) is 2.41. The van der Waals surface area contributed by atoms with Crippen LogP contribution >= 0.6 is 0 Å². The van der Waals surface area contributed by atoms with Gasteiger partial charge in [0, 0.05) is 24.7 Å². The number of amides is 1. The van der Waals surface area contributed by atoms with Crippen molar-refractivity contribution < 1.29 is 22.0 Å². The van der Waals surface area contributed by atoms with Gasteiger partial charge in [-0.3, -0.25) is 4.79 Å². The fourth-order valence-electron chi connectivity index (χ4n) is 1.80. The van der Waals surface area contributed by atoms with E-state index in [2.05, 4.69) is 10.0 Å². The molecule has 104 valence electrons. The number of carbonyl (C=O) groups excluding carboxylic acids is 1. The Morgan fingerprint density at radius 3 is 2.37 bits per heavy atom. The molecule has 2 rings (SSSR count). The molecule has 19 heavy (non-hydrogen) atoms. The molecule has 9 heteroatoms. The minimum atomic E-state index is -4.39. The van der Waals surface area contributed by atoms with Crippen molar-refractivity contribution in [2.45, 2.75) is 17.4 Å². The molecule has 0 spiro atoms. The first-order valence-corrected chi connectivity index (χ1v) is 6.81. The van der Waals surface area contributed by atoms with Gasteiger partial charge in [0.05, 0.1) is 0 Å². The molecule has 1 atom stereocenters. The predicted octanol–water partition coefficient (Wildman–Crippen LogP) is -0.286. The number of benzene rings is 1. The summed E-state index contributed by atoms with van der Waals surface area (Å²) in [5.74, 6) is -2.88. The minimum absolute atomic E-state index is 0.0720. The van der Waals surface area contributed by atoms with E-state index in [9.17, 15) is 22.0 Å². The summed E-state index contributed by atoms with van der Waals surface area (Å²) >= 11 is 0. The van der Waals surface area contributed by atoms with Crippen molar-refractivity contribution in [1.82, 2.24) is 10.0 Å². The zero-order chi connectivity index (χ0) is 14.2. The molecule has 6 nitrogen and oxygen atoms in total. The molecular weight excluding hydrogens is 280 g/mol. The molecule has 1 heterocycles. The summed E-state index contributed by atoms with van der Waals surface area (Å²) in [6.45, 7) is 0.0796. The normalized spacial score (nSPS) is 19.5. The van der Waals surface area contributed by atoms with Crippen LogP contribution in [0.1, 0.15) is 6.42 Å². The van der Waals surface area contributed by atoms with Crippen LogP contribution in [0.25, 0.3) is 0 Å². The highest BCUT2D eigenvalue weighted by Gasteiger charge is 2.30. The number of hydrogen-bond acceptors (Lipinski definition) is 4. The van der Waals surface area contributed by atoms with Gasteiger partial charge in [-0.2, -0.15) is 0 Å². The lowest BCUT2D eigenvalue weighted by atomic mass is 10.3. The van der Waals surface area contributed by atoms with Gasteiger partial charge in [-0.05, 0) is 12.1 Å². The van der Waals surface area contributed by atoms with Crippen molar-refractivity contribution in [3.05, 3.63) is 23.8 Å². The molecule has 1 unspecified atom stereocenters. The number of halogens is 2. The Labute approximate surface area is 108 Å². The molecule has 1 aliphatic rings. The fraction of sp³-hybridized carbons (Fsp3) is 0.300. The maximum Gasteiger partial charge on any atom is 0.246 e. The highest BCUT2D eigenvalue weighted by molar-refractivity contribution is 7.89. The van der Waals surface area contributed by atoms with E-state index in [4.69, 9.17) is 5.73 Å². The average Bonchev–Trinajstić information content (AvgIpc) is 2.60. The van der Waals surface area contributed by atoms with Crippen molar-refractivity contribution in [3.63, 3.8) is 0 Å². The molecule has 1 aliphatic heterocycles. The quantitative estimate of drug-likeness (QED) is 0.666. The molecule has 4 N–H and O–H groups in total. The fourth-order valence-corrected chi connectivity index (χ4v) is 3.16. The Balaban J connectivity index is 2.32. The van der Waals surface area contributed by atoms with E-state index >= 15 is 0 Å². The third-order valence-corrected chi connectivity index (χ3v) is 4.16. The van der Waals surface area contributed by atoms with Gasteiger partial charge in [0.1, 0.15) is 11.6 Å². The summed E-state index contributed by atoms with van der Waals surface area (Å²) < 4.78 is 52.9. The Kier molecular flexibility index (Phi) is 3.42. The van der Waals surface area contributed by atoms with Crippen LogP contribution < -0.4 is 15.8 Å². The molecule has 1 amide bonds. The highest BCUT2D eigenvalue weighted by atomic mass is 32.2. The summed E-state index contributed by atoms with van der Waals surface area (Å²) in [5.41, 5.74) is 4.99. The first kappa shape index (κ1) is 13.7. The van der Waals surface area contributed by atoms with Gasteiger partial charge < -0.3 is 11.1 Å². The second-order valence-electron chi connectivity index (χ2n) is 4.14. The van der Waals surface area contributed by atoms with Gasteiger partial charge in [-0.1, -0.05) is 0 Å². The van der Waals surface area contributed by atoms with Gasteiger partial charge in [0.25, 0.3) is 0 Å². The molecule has 1 aromatic rings.